The van der Waals surface area contributed by atoms with E-state index in [1.807, 2.05) is 0 Å². The maximum absolute atomic E-state index is 12.5. The zero-order chi connectivity index (χ0) is 36.8. The third-order valence-corrected chi connectivity index (χ3v) is 10.3. The standard InChI is InChI=1S/C34H66N4O12/c1-2-3-4-5-6-7-8-9-10-11-12-13-14-15-23(40)38-17-21-26(42)28(44)29(45)34(47-21)50-32-20(36)16-19(35)31(30(32)46)49-33-27(43)24(37)25(41)22(18-39)48-33/h19-22,24-34,39,41-46H,2-18,35-37H2,1H3,(H,38,40)/t19?,20?,21?,22-,24-,25?,26-,27-,28+,29?,30-,31-,32?,33?,34-/m1/s1. The summed E-state index contributed by atoms with van der Waals surface area (Å²) in [7, 11) is 0. The molecule has 0 spiro atoms. The van der Waals surface area contributed by atoms with Gasteiger partial charge in [0.05, 0.1) is 12.6 Å². The van der Waals surface area contributed by atoms with Gasteiger partial charge in [-0.05, 0) is 12.8 Å². The van der Waals surface area contributed by atoms with Crippen LogP contribution in [0.1, 0.15) is 103 Å². The Morgan fingerprint density at radius 2 is 1.12 bits per heavy atom. The van der Waals surface area contributed by atoms with E-state index in [1.54, 1.807) is 0 Å². The molecule has 1 saturated carbocycles. The quantitative estimate of drug-likeness (QED) is 0.0592. The molecule has 3 fully saturated rings. The highest BCUT2D eigenvalue weighted by atomic mass is 16.7. The minimum atomic E-state index is -1.73. The Balaban J connectivity index is 1.43. The highest BCUT2D eigenvalue weighted by Gasteiger charge is 2.51. The maximum atomic E-state index is 12.5. The number of nitrogens with two attached hydrogens (primary N) is 3. The number of hydrogen-bond donors (Lipinski definition) is 11. The Morgan fingerprint density at radius 1 is 0.640 bits per heavy atom. The lowest BCUT2D eigenvalue weighted by molar-refractivity contribution is -0.332. The average Bonchev–Trinajstić information content (AvgIpc) is 3.09. The van der Waals surface area contributed by atoms with Crippen LogP contribution in [0.4, 0.5) is 0 Å². The Labute approximate surface area is 296 Å². The van der Waals surface area contributed by atoms with Crippen LogP contribution in [0.2, 0.25) is 0 Å². The van der Waals surface area contributed by atoms with Crippen LogP contribution in [0.15, 0.2) is 0 Å². The van der Waals surface area contributed by atoms with Gasteiger partial charge in [-0.25, -0.2) is 0 Å². The summed E-state index contributed by atoms with van der Waals surface area (Å²) in [5, 5.41) is 76.0. The number of rotatable bonds is 21. The number of carbonyl (C=O) groups excluding carboxylic acids is 1. The fourth-order valence-corrected chi connectivity index (χ4v) is 6.98. The summed E-state index contributed by atoms with van der Waals surface area (Å²) in [4.78, 5) is 12.5. The molecule has 0 bridgehead atoms. The van der Waals surface area contributed by atoms with Gasteiger partial charge < -0.3 is 77.2 Å². The Hall–Kier alpha value is -1.09. The summed E-state index contributed by atoms with van der Waals surface area (Å²) >= 11 is 0. The third-order valence-electron chi connectivity index (χ3n) is 10.3. The fraction of sp³-hybridized carbons (Fsp3) is 0.971. The van der Waals surface area contributed by atoms with Gasteiger partial charge in [0.25, 0.3) is 0 Å². The largest absolute Gasteiger partial charge is 0.394 e. The molecule has 2 heterocycles. The molecule has 2 saturated heterocycles. The van der Waals surface area contributed by atoms with Gasteiger partial charge in [-0.15, -0.1) is 0 Å². The van der Waals surface area contributed by atoms with Crippen molar-refractivity contribution in [2.24, 2.45) is 17.2 Å². The highest BCUT2D eigenvalue weighted by molar-refractivity contribution is 5.75. The number of amides is 1. The van der Waals surface area contributed by atoms with Crippen LogP contribution in [0.3, 0.4) is 0 Å². The van der Waals surface area contributed by atoms with E-state index in [2.05, 4.69) is 12.2 Å². The number of unbranched alkanes of at least 4 members (excludes halogenated alkanes) is 12. The van der Waals surface area contributed by atoms with Gasteiger partial charge in [-0.1, -0.05) is 84.0 Å². The molecule has 3 rings (SSSR count). The van der Waals surface area contributed by atoms with Crippen LogP contribution in [0, 0.1) is 0 Å². The Morgan fingerprint density at radius 3 is 1.64 bits per heavy atom. The van der Waals surface area contributed by atoms with Crippen LogP contribution in [-0.4, -0.2) is 147 Å². The lowest BCUT2D eigenvalue weighted by atomic mass is 9.84. The molecule has 0 aromatic carbocycles. The Kier molecular flexibility index (Phi) is 19.2. The van der Waals surface area contributed by atoms with E-state index in [1.165, 1.54) is 57.8 Å². The van der Waals surface area contributed by atoms with Crippen molar-refractivity contribution in [3.05, 3.63) is 0 Å². The summed E-state index contributed by atoms with van der Waals surface area (Å²) in [5.41, 5.74) is 18.3. The molecule has 1 aliphatic carbocycles. The molecule has 2 aliphatic heterocycles. The predicted octanol–water partition coefficient (Wildman–Crippen LogP) is -1.65. The number of aliphatic hydroxyl groups excluding tert-OH is 7. The number of hydrogen-bond acceptors (Lipinski definition) is 15. The molecular formula is C34H66N4O12. The topological polar surface area (TPSA) is 286 Å². The van der Waals surface area contributed by atoms with Crippen molar-refractivity contribution in [1.82, 2.24) is 5.32 Å². The van der Waals surface area contributed by atoms with Crippen molar-refractivity contribution in [2.75, 3.05) is 13.2 Å². The number of ether oxygens (including phenoxy) is 4. The van der Waals surface area contributed by atoms with Crippen molar-refractivity contribution in [1.29, 1.82) is 0 Å². The average molecular weight is 723 g/mol. The Bertz CT molecular complexity index is 956. The number of nitrogens with one attached hydrogen (secondary N) is 1. The molecule has 0 aromatic rings. The van der Waals surface area contributed by atoms with Gasteiger partial charge >= 0.3 is 0 Å². The zero-order valence-corrected chi connectivity index (χ0v) is 29.6. The summed E-state index contributed by atoms with van der Waals surface area (Å²) < 4.78 is 22.9. The molecule has 16 heteroatoms. The van der Waals surface area contributed by atoms with Crippen molar-refractivity contribution in [3.8, 4) is 0 Å². The second-order valence-electron chi connectivity index (χ2n) is 14.4. The first-order valence-corrected chi connectivity index (χ1v) is 18.8. The van der Waals surface area contributed by atoms with Gasteiger partial charge in [-0.2, -0.15) is 0 Å². The van der Waals surface area contributed by atoms with Crippen LogP contribution in [0.5, 0.6) is 0 Å². The van der Waals surface area contributed by atoms with E-state index in [0.29, 0.717) is 6.42 Å². The van der Waals surface area contributed by atoms with Crippen LogP contribution < -0.4 is 22.5 Å². The molecule has 15 atom stereocenters. The third kappa shape index (κ3) is 12.5. The smallest absolute Gasteiger partial charge is 0.220 e. The normalized spacial score (nSPS) is 39.4. The van der Waals surface area contributed by atoms with Crippen LogP contribution >= 0.6 is 0 Å². The van der Waals surface area contributed by atoms with E-state index >= 15 is 0 Å². The van der Waals surface area contributed by atoms with Gasteiger partial charge in [-0.3, -0.25) is 4.79 Å². The SMILES string of the molecule is CCCCCCCCCCCCCCCC(=O)NCC1O[C@H](OC2C(N)CC(N)[C@@H](OC3O[C@H](CO)C(O)[C@@H](N)[C@H]3O)[C@H]2O)C(O)[C@@H](O)[C@@H]1O. The molecule has 50 heavy (non-hydrogen) atoms. The van der Waals surface area contributed by atoms with Gasteiger partial charge in [0, 0.05) is 25.0 Å². The number of carbonyl (C=O) groups is 1. The molecule has 3 aliphatic rings. The molecule has 0 aromatic heterocycles. The van der Waals surface area contributed by atoms with E-state index in [-0.39, 0.29) is 18.9 Å². The zero-order valence-electron chi connectivity index (χ0n) is 29.6. The van der Waals surface area contributed by atoms with Crippen molar-refractivity contribution < 1.29 is 59.5 Å². The molecular weight excluding hydrogens is 656 g/mol. The lowest BCUT2D eigenvalue weighted by Gasteiger charge is -2.48. The van der Waals surface area contributed by atoms with Gasteiger partial charge in [0.1, 0.15) is 61.0 Å². The monoisotopic (exact) mass is 722 g/mol. The summed E-state index contributed by atoms with van der Waals surface area (Å²) in [6, 6.07) is -2.97. The molecule has 1 amide bonds. The molecule has 16 nitrogen and oxygen atoms in total. The second kappa shape index (κ2) is 22.2. The van der Waals surface area contributed by atoms with Gasteiger partial charge in [0.15, 0.2) is 12.6 Å². The minimum absolute atomic E-state index is 0.0555. The molecule has 7 unspecified atom stereocenters. The summed E-state index contributed by atoms with van der Waals surface area (Å²) in [5.74, 6) is -0.233. The maximum Gasteiger partial charge on any atom is 0.220 e. The van der Waals surface area contributed by atoms with E-state index in [4.69, 9.17) is 36.1 Å². The van der Waals surface area contributed by atoms with Crippen molar-refractivity contribution in [2.45, 2.75) is 195 Å². The summed E-state index contributed by atoms with van der Waals surface area (Å²) in [6.45, 7) is 1.46. The van der Waals surface area contributed by atoms with Crippen LogP contribution in [-0.2, 0) is 23.7 Å². The van der Waals surface area contributed by atoms with Gasteiger partial charge in [0.2, 0.25) is 5.91 Å². The highest BCUT2D eigenvalue weighted by Crippen LogP contribution is 2.31. The van der Waals surface area contributed by atoms with E-state index < -0.39 is 98.4 Å². The van der Waals surface area contributed by atoms with Crippen molar-refractivity contribution in [3.63, 3.8) is 0 Å². The fourth-order valence-electron chi connectivity index (χ4n) is 6.98. The predicted molar refractivity (Wildman–Crippen MR) is 182 cm³/mol. The molecule has 294 valence electrons. The van der Waals surface area contributed by atoms with E-state index in [0.717, 1.165) is 25.7 Å². The summed E-state index contributed by atoms with van der Waals surface area (Å²) in [6.07, 6.45) is -1.33. The first-order chi connectivity index (χ1) is 23.9. The molecule has 14 N–H and O–H groups in total. The first kappa shape index (κ1) is 43.3. The van der Waals surface area contributed by atoms with Crippen molar-refractivity contribution >= 4 is 5.91 Å². The minimum Gasteiger partial charge on any atom is -0.394 e. The first-order valence-electron chi connectivity index (χ1n) is 18.8. The lowest BCUT2D eigenvalue weighted by Crippen LogP contribution is -2.68. The number of aliphatic hydroxyl groups is 7. The molecule has 0 radical (unpaired) electrons. The van der Waals surface area contributed by atoms with E-state index in [9.17, 15) is 40.5 Å². The van der Waals surface area contributed by atoms with Crippen LogP contribution in [0.25, 0.3) is 0 Å². The second-order valence-corrected chi connectivity index (χ2v) is 14.4.